The summed E-state index contributed by atoms with van der Waals surface area (Å²) < 4.78 is 16.3. The van der Waals surface area contributed by atoms with Crippen LogP contribution in [0.15, 0.2) is 12.1 Å². The minimum atomic E-state index is 0.154. The lowest BCUT2D eigenvalue weighted by Crippen LogP contribution is -2.43. The summed E-state index contributed by atoms with van der Waals surface area (Å²) in [6.07, 6.45) is 6.62. The van der Waals surface area contributed by atoms with Crippen LogP contribution in [-0.4, -0.2) is 51.3 Å². The molecule has 6 heteroatoms. The number of carbonyl (C=O) groups is 1. The lowest BCUT2D eigenvalue weighted by atomic mass is 9.95. The van der Waals surface area contributed by atoms with Gasteiger partial charge in [0, 0.05) is 18.5 Å². The summed E-state index contributed by atoms with van der Waals surface area (Å²) in [5.41, 5.74) is 1.12. The summed E-state index contributed by atoms with van der Waals surface area (Å²) in [4.78, 5) is 14.9. The molecule has 2 fully saturated rings. The van der Waals surface area contributed by atoms with Crippen molar-refractivity contribution in [2.45, 2.75) is 51.1 Å². The average molecular weight is 376 g/mol. The van der Waals surface area contributed by atoms with Gasteiger partial charge in [0.25, 0.3) is 0 Å². The number of rotatable bonds is 7. The van der Waals surface area contributed by atoms with Crippen LogP contribution in [0.1, 0.15) is 44.1 Å². The Balaban J connectivity index is 1.55. The van der Waals surface area contributed by atoms with E-state index >= 15 is 0 Å². The Hall–Kier alpha value is -1.95. The molecule has 1 aliphatic carbocycles. The molecule has 150 valence electrons. The summed E-state index contributed by atoms with van der Waals surface area (Å²) in [7, 11) is 4.88. The second kappa shape index (κ2) is 9.31. The zero-order chi connectivity index (χ0) is 19.2. The first-order valence-corrected chi connectivity index (χ1v) is 9.96. The molecule has 0 unspecified atom stereocenters. The Bertz CT molecular complexity index is 610. The summed E-state index contributed by atoms with van der Waals surface area (Å²) in [5, 5.41) is 3.25. The predicted molar refractivity (Wildman–Crippen MR) is 104 cm³/mol. The lowest BCUT2D eigenvalue weighted by molar-refractivity contribution is -0.127. The van der Waals surface area contributed by atoms with Crippen molar-refractivity contribution in [2.24, 2.45) is 5.92 Å². The quantitative estimate of drug-likeness (QED) is 0.793. The van der Waals surface area contributed by atoms with Gasteiger partial charge in [-0.15, -0.1) is 0 Å². The summed E-state index contributed by atoms with van der Waals surface area (Å²) in [6.45, 7) is 2.67. The Morgan fingerprint density at radius 3 is 2.11 bits per heavy atom. The number of nitrogens with zero attached hydrogens (tertiary/aromatic N) is 1. The van der Waals surface area contributed by atoms with Gasteiger partial charge in [0.05, 0.1) is 21.3 Å². The molecule has 1 N–H and O–H groups in total. The number of nitrogens with one attached hydrogen (secondary N) is 1. The van der Waals surface area contributed by atoms with Crippen molar-refractivity contribution in [1.29, 1.82) is 0 Å². The van der Waals surface area contributed by atoms with E-state index in [0.717, 1.165) is 50.9 Å². The third kappa shape index (κ3) is 4.86. The second-order valence-electron chi connectivity index (χ2n) is 7.57. The molecule has 0 spiro atoms. The minimum Gasteiger partial charge on any atom is -0.493 e. The fourth-order valence-electron chi connectivity index (χ4n) is 4.23. The molecule has 6 nitrogen and oxygen atoms in total. The molecule has 1 heterocycles. The highest BCUT2D eigenvalue weighted by Crippen LogP contribution is 2.38. The second-order valence-corrected chi connectivity index (χ2v) is 7.57. The first-order valence-electron chi connectivity index (χ1n) is 9.96. The molecular weight excluding hydrogens is 344 g/mol. The highest BCUT2D eigenvalue weighted by atomic mass is 16.5. The normalized spacial score (nSPS) is 19.1. The number of benzene rings is 1. The van der Waals surface area contributed by atoms with Gasteiger partial charge in [0.15, 0.2) is 11.5 Å². The van der Waals surface area contributed by atoms with Crippen LogP contribution in [-0.2, 0) is 11.3 Å². The molecule has 1 aromatic carbocycles. The maximum absolute atomic E-state index is 12.5. The van der Waals surface area contributed by atoms with Gasteiger partial charge in [-0.3, -0.25) is 9.69 Å². The van der Waals surface area contributed by atoms with Crippen molar-refractivity contribution in [3.8, 4) is 17.2 Å². The Morgan fingerprint density at radius 1 is 1.00 bits per heavy atom. The van der Waals surface area contributed by atoms with Crippen molar-refractivity contribution in [3.63, 3.8) is 0 Å². The van der Waals surface area contributed by atoms with Crippen molar-refractivity contribution in [1.82, 2.24) is 10.2 Å². The molecular formula is C21H32N2O4. The average Bonchev–Trinajstić information content (AvgIpc) is 3.20. The van der Waals surface area contributed by atoms with Crippen LogP contribution in [0.25, 0.3) is 0 Å². The maximum atomic E-state index is 12.5. The van der Waals surface area contributed by atoms with E-state index in [4.69, 9.17) is 14.2 Å². The monoisotopic (exact) mass is 376 g/mol. The fourth-order valence-corrected chi connectivity index (χ4v) is 4.23. The van der Waals surface area contributed by atoms with Crippen LogP contribution in [0.5, 0.6) is 17.2 Å². The van der Waals surface area contributed by atoms with Crippen molar-refractivity contribution >= 4 is 5.91 Å². The van der Waals surface area contributed by atoms with Crippen LogP contribution in [0.4, 0.5) is 0 Å². The fraction of sp³-hybridized carbons (Fsp3) is 0.667. The largest absolute Gasteiger partial charge is 0.493 e. The number of hydrogen-bond donors (Lipinski definition) is 1. The topological polar surface area (TPSA) is 60.0 Å². The maximum Gasteiger partial charge on any atom is 0.223 e. The molecule has 1 saturated carbocycles. The Labute approximate surface area is 162 Å². The summed E-state index contributed by atoms with van der Waals surface area (Å²) in [5.74, 6) is 2.39. The summed E-state index contributed by atoms with van der Waals surface area (Å²) in [6, 6.07) is 4.41. The highest BCUT2D eigenvalue weighted by Gasteiger charge is 2.27. The molecule has 0 radical (unpaired) electrons. The van der Waals surface area contributed by atoms with Crippen LogP contribution < -0.4 is 19.5 Å². The molecule has 2 aliphatic rings. The van der Waals surface area contributed by atoms with E-state index in [2.05, 4.69) is 10.2 Å². The predicted octanol–water partition coefficient (Wildman–Crippen LogP) is 2.98. The highest BCUT2D eigenvalue weighted by molar-refractivity contribution is 5.79. The van der Waals surface area contributed by atoms with E-state index < -0.39 is 0 Å². The number of amides is 1. The third-order valence-corrected chi connectivity index (χ3v) is 5.79. The number of carbonyl (C=O) groups excluding carboxylic acids is 1. The Morgan fingerprint density at radius 2 is 1.59 bits per heavy atom. The van der Waals surface area contributed by atoms with Gasteiger partial charge < -0.3 is 19.5 Å². The molecule has 1 aliphatic heterocycles. The van der Waals surface area contributed by atoms with Gasteiger partial charge in [-0.25, -0.2) is 0 Å². The number of piperidine rings is 1. The van der Waals surface area contributed by atoms with Gasteiger partial charge in [-0.1, -0.05) is 12.8 Å². The van der Waals surface area contributed by atoms with Gasteiger partial charge >= 0.3 is 0 Å². The number of ether oxygens (including phenoxy) is 3. The van der Waals surface area contributed by atoms with E-state index in [1.165, 1.54) is 12.8 Å². The molecule has 0 bridgehead atoms. The van der Waals surface area contributed by atoms with E-state index in [9.17, 15) is 4.79 Å². The minimum absolute atomic E-state index is 0.154. The Kier molecular flexibility index (Phi) is 6.83. The van der Waals surface area contributed by atoms with Crippen molar-refractivity contribution in [2.75, 3.05) is 34.4 Å². The molecule has 0 atom stereocenters. The SMILES string of the molecule is COc1cc(CN2CCC(C(=O)NC3CCCC3)CC2)cc(OC)c1OC. The van der Waals surface area contributed by atoms with Crippen LogP contribution in [0.2, 0.25) is 0 Å². The molecule has 1 aromatic rings. The summed E-state index contributed by atoms with van der Waals surface area (Å²) >= 11 is 0. The zero-order valence-electron chi connectivity index (χ0n) is 16.8. The number of methoxy groups -OCH3 is 3. The van der Waals surface area contributed by atoms with E-state index in [1.807, 2.05) is 12.1 Å². The lowest BCUT2D eigenvalue weighted by Gasteiger charge is -2.32. The van der Waals surface area contributed by atoms with E-state index in [0.29, 0.717) is 23.3 Å². The van der Waals surface area contributed by atoms with Gasteiger partial charge in [0.1, 0.15) is 0 Å². The van der Waals surface area contributed by atoms with Crippen LogP contribution in [0, 0.1) is 5.92 Å². The van der Waals surface area contributed by atoms with Crippen LogP contribution in [0.3, 0.4) is 0 Å². The van der Waals surface area contributed by atoms with Gasteiger partial charge in [0.2, 0.25) is 11.7 Å². The number of likely N-dealkylation sites (tertiary alicyclic amines) is 1. The van der Waals surface area contributed by atoms with Crippen molar-refractivity contribution in [3.05, 3.63) is 17.7 Å². The molecule has 0 aromatic heterocycles. The standard InChI is InChI=1S/C21H32N2O4/c1-25-18-12-15(13-19(26-2)20(18)27-3)14-23-10-8-16(9-11-23)21(24)22-17-6-4-5-7-17/h12-13,16-17H,4-11,14H2,1-3H3,(H,22,24). The van der Waals surface area contributed by atoms with Gasteiger partial charge in [-0.2, -0.15) is 0 Å². The molecule has 1 amide bonds. The van der Waals surface area contributed by atoms with Gasteiger partial charge in [-0.05, 0) is 56.5 Å². The molecule has 27 heavy (non-hydrogen) atoms. The third-order valence-electron chi connectivity index (χ3n) is 5.79. The van der Waals surface area contributed by atoms with E-state index in [-0.39, 0.29) is 11.8 Å². The first kappa shape index (κ1) is 19.8. The van der Waals surface area contributed by atoms with Crippen LogP contribution >= 0.6 is 0 Å². The van der Waals surface area contributed by atoms with E-state index in [1.54, 1.807) is 21.3 Å². The molecule has 3 rings (SSSR count). The number of hydrogen-bond acceptors (Lipinski definition) is 5. The van der Waals surface area contributed by atoms with Crippen molar-refractivity contribution < 1.29 is 19.0 Å². The smallest absolute Gasteiger partial charge is 0.223 e. The zero-order valence-corrected chi connectivity index (χ0v) is 16.8. The first-order chi connectivity index (χ1) is 13.1. The molecule has 1 saturated heterocycles.